The van der Waals surface area contributed by atoms with Crippen LogP contribution in [0.25, 0.3) is 10.8 Å². The van der Waals surface area contributed by atoms with Crippen LogP contribution in [0.3, 0.4) is 0 Å². The van der Waals surface area contributed by atoms with E-state index in [2.05, 4.69) is 53.4 Å². The van der Waals surface area contributed by atoms with Crippen molar-refractivity contribution < 1.29 is 4.74 Å². The third-order valence-electron chi connectivity index (χ3n) is 5.22. The minimum absolute atomic E-state index is 0.180. The summed E-state index contributed by atoms with van der Waals surface area (Å²) in [5.74, 6) is 1.02. The van der Waals surface area contributed by atoms with E-state index in [-0.39, 0.29) is 12.3 Å². The molecular formula is C21H18ClNO. The molecule has 120 valence electrons. The van der Waals surface area contributed by atoms with E-state index in [0.717, 1.165) is 23.7 Å². The largest absolute Gasteiger partial charge is 0.475 e. The molecule has 2 aliphatic heterocycles. The average molecular weight is 336 g/mol. The van der Waals surface area contributed by atoms with Crippen molar-refractivity contribution in [2.24, 2.45) is 0 Å². The lowest BCUT2D eigenvalue weighted by molar-refractivity contribution is 0.0176. The summed E-state index contributed by atoms with van der Waals surface area (Å²) in [6, 6.07) is 21.4. The SMILES string of the molecule is Clc1ccc(C2c3c(ccc4ccccc34)OC3CCCN32)cc1. The standard InChI is InChI=1S/C21H18ClNO/c22-16-10-7-15(8-11-16)21-20-17-5-2-1-4-14(17)9-12-18(20)24-19-6-3-13-23(19)21/h1-2,4-5,7-12,19,21H,3,6,13H2. The van der Waals surface area contributed by atoms with Crippen LogP contribution >= 0.6 is 11.6 Å². The summed E-state index contributed by atoms with van der Waals surface area (Å²) < 4.78 is 6.34. The molecule has 2 aliphatic rings. The zero-order chi connectivity index (χ0) is 16.1. The molecule has 1 fully saturated rings. The van der Waals surface area contributed by atoms with Crippen LogP contribution in [0, 0.1) is 0 Å². The number of ether oxygens (including phenoxy) is 1. The van der Waals surface area contributed by atoms with Crippen LogP contribution in [0.5, 0.6) is 5.75 Å². The van der Waals surface area contributed by atoms with Crippen LogP contribution in [-0.4, -0.2) is 17.7 Å². The third-order valence-corrected chi connectivity index (χ3v) is 5.47. The monoisotopic (exact) mass is 335 g/mol. The van der Waals surface area contributed by atoms with E-state index in [1.54, 1.807) is 0 Å². The van der Waals surface area contributed by atoms with Crippen molar-refractivity contribution in [2.45, 2.75) is 25.1 Å². The van der Waals surface area contributed by atoms with Gasteiger partial charge in [-0.05, 0) is 47.4 Å². The van der Waals surface area contributed by atoms with Crippen molar-refractivity contribution in [3.63, 3.8) is 0 Å². The fourth-order valence-electron chi connectivity index (χ4n) is 4.16. The second-order valence-corrected chi connectivity index (χ2v) is 7.04. The first-order valence-corrected chi connectivity index (χ1v) is 8.88. The summed E-state index contributed by atoms with van der Waals surface area (Å²) in [4.78, 5) is 2.50. The topological polar surface area (TPSA) is 12.5 Å². The van der Waals surface area contributed by atoms with E-state index >= 15 is 0 Å². The Hall–Kier alpha value is -2.03. The Labute approximate surface area is 146 Å². The quantitative estimate of drug-likeness (QED) is 0.590. The fourth-order valence-corrected chi connectivity index (χ4v) is 4.28. The molecule has 3 aromatic rings. The van der Waals surface area contributed by atoms with Gasteiger partial charge in [0.05, 0.1) is 6.04 Å². The second kappa shape index (κ2) is 5.51. The predicted molar refractivity (Wildman–Crippen MR) is 97.6 cm³/mol. The van der Waals surface area contributed by atoms with Gasteiger partial charge in [0.2, 0.25) is 0 Å². The molecule has 0 amide bonds. The molecule has 1 saturated heterocycles. The molecule has 24 heavy (non-hydrogen) atoms. The van der Waals surface area contributed by atoms with Crippen LogP contribution in [0.1, 0.15) is 30.0 Å². The minimum atomic E-state index is 0.180. The summed E-state index contributed by atoms with van der Waals surface area (Å²) in [7, 11) is 0. The molecule has 0 bridgehead atoms. The lowest BCUT2D eigenvalue weighted by Gasteiger charge is -2.40. The molecule has 5 rings (SSSR count). The Balaban J connectivity index is 1.77. The molecule has 2 heterocycles. The lowest BCUT2D eigenvalue weighted by Crippen LogP contribution is -2.41. The number of halogens is 1. The molecule has 0 aromatic heterocycles. The first-order valence-electron chi connectivity index (χ1n) is 8.51. The van der Waals surface area contributed by atoms with Gasteiger partial charge in [-0.3, -0.25) is 4.90 Å². The Kier molecular flexibility index (Phi) is 3.29. The molecule has 0 N–H and O–H groups in total. The highest BCUT2D eigenvalue weighted by Crippen LogP contribution is 2.46. The van der Waals surface area contributed by atoms with Crippen LogP contribution in [-0.2, 0) is 0 Å². The number of nitrogens with zero attached hydrogens (tertiary/aromatic N) is 1. The van der Waals surface area contributed by atoms with Gasteiger partial charge >= 0.3 is 0 Å². The van der Waals surface area contributed by atoms with Gasteiger partial charge in [0.25, 0.3) is 0 Å². The fraction of sp³-hybridized carbons (Fsp3) is 0.238. The summed E-state index contributed by atoms with van der Waals surface area (Å²) >= 11 is 6.12. The van der Waals surface area contributed by atoms with E-state index in [0.29, 0.717) is 0 Å². The second-order valence-electron chi connectivity index (χ2n) is 6.61. The zero-order valence-electron chi connectivity index (χ0n) is 13.3. The maximum atomic E-state index is 6.34. The van der Waals surface area contributed by atoms with E-state index in [9.17, 15) is 0 Å². The number of hydrogen-bond donors (Lipinski definition) is 0. The highest BCUT2D eigenvalue weighted by Gasteiger charge is 2.40. The number of fused-ring (bicyclic) bond motifs is 4. The van der Waals surface area contributed by atoms with Crippen molar-refractivity contribution in [2.75, 3.05) is 6.54 Å². The number of benzene rings is 3. The summed E-state index contributed by atoms with van der Waals surface area (Å²) in [6.07, 6.45) is 2.45. The molecule has 0 spiro atoms. The van der Waals surface area contributed by atoms with Gasteiger partial charge in [-0.1, -0.05) is 54.1 Å². The smallest absolute Gasteiger partial charge is 0.153 e. The molecule has 2 nitrogen and oxygen atoms in total. The van der Waals surface area contributed by atoms with Crippen LogP contribution in [0.2, 0.25) is 5.02 Å². The molecule has 3 aromatic carbocycles. The maximum Gasteiger partial charge on any atom is 0.153 e. The van der Waals surface area contributed by atoms with E-state index in [1.807, 2.05) is 12.1 Å². The normalized spacial score (nSPS) is 22.9. The Bertz CT molecular complexity index is 905. The zero-order valence-corrected chi connectivity index (χ0v) is 14.0. The van der Waals surface area contributed by atoms with E-state index in [1.165, 1.54) is 28.3 Å². The predicted octanol–water partition coefficient (Wildman–Crippen LogP) is 5.40. The Morgan fingerprint density at radius 1 is 0.958 bits per heavy atom. The molecule has 3 heteroatoms. The summed E-state index contributed by atoms with van der Waals surface area (Å²) in [6.45, 7) is 1.07. The summed E-state index contributed by atoms with van der Waals surface area (Å²) in [5, 5.41) is 3.32. The van der Waals surface area contributed by atoms with E-state index in [4.69, 9.17) is 16.3 Å². The van der Waals surface area contributed by atoms with Gasteiger partial charge in [0.15, 0.2) is 6.23 Å². The van der Waals surface area contributed by atoms with Gasteiger partial charge in [-0.15, -0.1) is 0 Å². The molecule has 2 atom stereocenters. The lowest BCUT2D eigenvalue weighted by atomic mass is 9.90. The van der Waals surface area contributed by atoms with Crippen LogP contribution < -0.4 is 4.74 Å². The average Bonchev–Trinajstić information content (AvgIpc) is 3.08. The Morgan fingerprint density at radius 3 is 2.67 bits per heavy atom. The molecular weight excluding hydrogens is 318 g/mol. The van der Waals surface area contributed by atoms with Gasteiger partial charge in [0, 0.05) is 17.1 Å². The Morgan fingerprint density at radius 2 is 1.79 bits per heavy atom. The maximum absolute atomic E-state index is 6.34. The number of rotatable bonds is 1. The first kappa shape index (κ1) is 14.3. The van der Waals surface area contributed by atoms with E-state index < -0.39 is 0 Å². The van der Waals surface area contributed by atoms with Gasteiger partial charge < -0.3 is 4.74 Å². The van der Waals surface area contributed by atoms with Crippen molar-refractivity contribution in [3.05, 3.63) is 76.8 Å². The van der Waals surface area contributed by atoms with Gasteiger partial charge in [-0.25, -0.2) is 0 Å². The van der Waals surface area contributed by atoms with Crippen molar-refractivity contribution in [1.82, 2.24) is 4.90 Å². The highest BCUT2D eigenvalue weighted by atomic mass is 35.5. The van der Waals surface area contributed by atoms with Gasteiger partial charge in [-0.2, -0.15) is 0 Å². The van der Waals surface area contributed by atoms with Gasteiger partial charge in [0.1, 0.15) is 5.75 Å². The third kappa shape index (κ3) is 2.14. The molecule has 0 saturated carbocycles. The minimum Gasteiger partial charge on any atom is -0.475 e. The van der Waals surface area contributed by atoms with Crippen LogP contribution in [0.4, 0.5) is 0 Å². The van der Waals surface area contributed by atoms with Crippen LogP contribution in [0.15, 0.2) is 60.7 Å². The highest BCUT2D eigenvalue weighted by molar-refractivity contribution is 6.30. The first-order chi connectivity index (χ1) is 11.8. The molecule has 2 unspecified atom stereocenters. The summed E-state index contributed by atoms with van der Waals surface area (Å²) in [5.41, 5.74) is 2.57. The van der Waals surface area contributed by atoms with Crippen molar-refractivity contribution in [3.8, 4) is 5.75 Å². The van der Waals surface area contributed by atoms with Crippen molar-refractivity contribution >= 4 is 22.4 Å². The van der Waals surface area contributed by atoms with Crippen molar-refractivity contribution in [1.29, 1.82) is 0 Å². The molecule has 0 aliphatic carbocycles. The number of hydrogen-bond acceptors (Lipinski definition) is 2. The molecule has 0 radical (unpaired) electrons.